The Morgan fingerprint density at radius 2 is 2.38 bits per heavy atom. The Bertz CT molecular complexity index is 720. The van der Waals surface area contributed by atoms with Crippen LogP contribution < -0.4 is 14.5 Å². The third-order valence-electron chi connectivity index (χ3n) is 3.80. The van der Waals surface area contributed by atoms with Gasteiger partial charge in [0.15, 0.2) is 11.6 Å². The third-order valence-corrected chi connectivity index (χ3v) is 3.80. The molecule has 0 unspecified atom stereocenters. The van der Waals surface area contributed by atoms with E-state index in [1.54, 1.807) is 32.6 Å². The van der Waals surface area contributed by atoms with Crippen LogP contribution in [0.25, 0.3) is 0 Å². The van der Waals surface area contributed by atoms with Crippen molar-refractivity contribution < 1.29 is 18.7 Å². The number of aromatic amines is 1. The van der Waals surface area contributed by atoms with E-state index in [0.29, 0.717) is 31.1 Å². The van der Waals surface area contributed by atoms with Crippen LogP contribution in [0.15, 0.2) is 24.7 Å². The van der Waals surface area contributed by atoms with Crippen LogP contribution in [-0.4, -0.2) is 42.9 Å². The molecule has 0 saturated heterocycles. The number of fused-ring (bicyclic) bond motifs is 1. The van der Waals surface area contributed by atoms with Gasteiger partial charge in [-0.2, -0.15) is 0 Å². The third kappa shape index (κ3) is 3.12. The molecule has 0 bridgehead atoms. The molecule has 1 aliphatic heterocycles. The Morgan fingerprint density at radius 3 is 3.08 bits per heavy atom. The fourth-order valence-corrected chi connectivity index (χ4v) is 2.58. The van der Waals surface area contributed by atoms with Gasteiger partial charge in [-0.25, -0.2) is 14.2 Å². The van der Waals surface area contributed by atoms with Crippen molar-refractivity contribution in [2.45, 2.75) is 13.5 Å². The van der Waals surface area contributed by atoms with Crippen LogP contribution in [0.1, 0.15) is 12.6 Å². The predicted molar refractivity (Wildman–Crippen MR) is 87.0 cm³/mol. The molecule has 1 aliphatic rings. The van der Waals surface area contributed by atoms with Crippen LogP contribution in [0, 0.1) is 5.82 Å². The molecule has 0 atom stereocenters. The van der Waals surface area contributed by atoms with Gasteiger partial charge in [0.25, 0.3) is 0 Å². The number of imidazole rings is 1. The number of anilines is 2. The minimum atomic E-state index is -0.534. The zero-order valence-corrected chi connectivity index (χ0v) is 13.6. The molecule has 8 heteroatoms. The molecule has 3 rings (SSSR count). The summed E-state index contributed by atoms with van der Waals surface area (Å²) in [7, 11) is 1.54. The van der Waals surface area contributed by atoms with Crippen molar-refractivity contribution in [3.05, 3.63) is 36.2 Å². The van der Waals surface area contributed by atoms with E-state index in [2.05, 4.69) is 9.97 Å². The topological polar surface area (TPSA) is 70.7 Å². The first-order valence-electron chi connectivity index (χ1n) is 7.69. The number of carbonyl (C=O) groups excluding carboxylic acids is 1. The average Bonchev–Trinajstić information content (AvgIpc) is 3.08. The van der Waals surface area contributed by atoms with E-state index in [0.717, 1.165) is 5.69 Å². The number of rotatable bonds is 4. The van der Waals surface area contributed by atoms with Gasteiger partial charge in [-0.1, -0.05) is 0 Å². The molecule has 128 valence electrons. The highest BCUT2D eigenvalue weighted by Crippen LogP contribution is 2.38. The molecular weight excluding hydrogens is 315 g/mol. The number of benzene rings is 1. The first kappa shape index (κ1) is 16.1. The molecule has 0 fully saturated rings. The molecule has 1 aromatic heterocycles. The number of H-pyrrole nitrogens is 1. The van der Waals surface area contributed by atoms with E-state index in [9.17, 15) is 9.18 Å². The van der Waals surface area contributed by atoms with Gasteiger partial charge >= 0.3 is 6.09 Å². The second-order valence-corrected chi connectivity index (χ2v) is 5.38. The van der Waals surface area contributed by atoms with Crippen molar-refractivity contribution in [3.8, 4) is 5.75 Å². The lowest BCUT2D eigenvalue weighted by molar-refractivity contribution is 0.161. The Balaban J connectivity index is 1.92. The van der Waals surface area contributed by atoms with Crippen LogP contribution in [0.4, 0.5) is 20.6 Å². The lowest BCUT2D eigenvalue weighted by Crippen LogP contribution is -2.33. The highest BCUT2D eigenvalue weighted by molar-refractivity contribution is 5.88. The van der Waals surface area contributed by atoms with E-state index < -0.39 is 11.9 Å². The SMILES string of the molecule is CCOC(=O)N(C)c1cc(F)c2c(c1)N(Cc1cnc[nH]1)CCO2. The van der Waals surface area contributed by atoms with Gasteiger partial charge in [-0.15, -0.1) is 0 Å². The van der Waals surface area contributed by atoms with Crippen molar-refractivity contribution in [3.63, 3.8) is 0 Å². The van der Waals surface area contributed by atoms with E-state index in [-0.39, 0.29) is 12.4 Å². The van der Waals surface area contributed by atoms with Crippen molar-refractivity contribution in [1.82, 2.24) is 9.97 Å². The maximum absolute atomic E-state index is 14.4. The van der Waals surface area contributed by atoms with E-state index >= 15 is 0 Å². The maximum Gasteiger partial charge on any atom is 0.413 e. The van der Waals surface area contributed by atoms with Gasteiger partial charge in [0.05, 0.1) is 43.1 Å². The van der Waals surface area contributed by atoms with Gasteiger partial charge in [0, 0.05) is 19.3 Å². The van der Waals surface area contributed by atoms with Crippen molar-refractivity contribution in [2.75, 3.05) is 36.6 Å². The van der Waals surface area contributed by atoms with Crippen LogP contribution in [-0.2, 0) is 11.3 Å². The van der Waals surface area contributed by atoms with Crippen LogP contribution in [0.2, 0.25) is 0 Å². The summed E-state index contributed by atoms with van der Waals surface area (Å²) >= 11 is 0. The number of amides is 1. The number of ether oxygens (including phenoxy) is 2. The van der Waals surface area contributed by atoms with Gasteiger partial charge in [-0.05, 0) is 13.0 Å². The summed E-state index contributed by atoms with van der Waals surface area (Å²) in [5, 5.41) is 0. The van der Waals surface area contributed by atoms with Crippen LogP contribution in [0.5, 0.6) is 5.75 Å². The molecule has 0 aliphatic carbocycles. The van der Waals surface area contributed by atoms with E-state index in [4.69, 9.17) is 9.47 Å². The second-order valence-electron chi connectivity index (χ2n) is 5.38. The highest BCUT2D eigenvalue weighted by atomic mass is 19.1. The Labute approximate surface area is 139 Å². The fraction of sp³-hybridized carbons (Fsp3) is 0.375. The number of carbonyl (C=O) groups is 1. The fourth-order valence-electron chi connectivity index (χ4n) is 2.58. The first-order valence-corrected chi connectivity index (χ1v) is 7.69. The minimum Gasteiger partial charge on any atom is -0.486 e. The number of hydrogen-bond donors (Lipinski definition) is 1. The smallest absolute Gasteiger partial charge is 0.413 e. The molecular formula is C16H19FN4O3. The summed E-state index contributed by atoms with van der Waals surface area (Å²) in [6.45, 7) is 3.52. The number of aromatic nitrogens is 2. The Kier molecular flexibility index (Phi) is 4.54. The normalized spacial score (nSPS) is 13.2. The Morgan fingerprint density at radius 1 is 1.54 bits per heavy atom. The number of nitrogens with zero attached hydrogens (tertiary/aromatic N) is 3. The van der Waals surface area contributed by atoms with Gasteiger partial charge in [0.2, 0.25) is 0 Å². The van der Waals surface area contributed by atoms with Crippen molar-refractivity contribution >= 4 is 17.5 Å². The monoisotopic (exact) mass is 334 g/mol. The zero-order chi connectivity index (χ0) is 17.1. The molecule has 7 nitrogen and oxygen atoms in total. The van der Waals surface area contributed by atoms with Crippen LogP contribution >= 0.6 is 0 Å². The van der Waals surface area contributed by atoms with E-state index in [1.807, 2.05) is 4.90 Å². The minimum absolute atomic E-state index is 0.196. The Hall–Kier alpha value is -2.77. The molecule has 2 aromatic rings. The van der Waals surface area contributed by atoms with Crippen molar-refractivity contribution in [2.24, 2.45) is 0 Å². The lowest BCUT2D eigenvalue weighted by Gasteiger charge is -2.32. The summed E-state index contributed by atoms with van der Waals surface area (Å²) in [5.74, 6) is -0.310. The molecule has 1 aromatic carbocycles. The summed E-state index contributed by atoms with van der Waals surface area (Å²) in [4.78, 5) is 22.2. The van der Waals surface area contributed by atoms with Crippen LogP contribution in [0.3, 0.4) is 0 Å². The molecule has 0 spiro atoms. The summed E-state index contributed by atoms with van der Waals surface area (Å²) in [5.41, 5.74) is 1.92. The average molecular weight is 334 g/mol. The standard InChI is InChI=1S/C16H19FN4O3/c1-3-23-16(22)20(2)12-6-13(17)15-14(7-12)21(4-5-24-15)9-11-8-18-10-19-11/h6-8,10H,3-5,9H2,1-2H3,(H,18,19). The second kappa shape index (κ2) is 6.77. The summed E-state index contributed by atoms with van der Waals surface area (Å²) in [6.07, 6.45) is 2.79. The molecule has 24 heavy (non-hydrogen) atoms. The molecule has 1 N–H and O–H groups in total. The molecule has 0 radical (unpaired) electrons. The highest BCUT2D eigenvalue weighted by Gasteiger charge is 2.25. The number of nitrogens with one attached hydrogen (secondary N) is 1. The molecule has 1 amide bonds. The van der Waals surface area contributed by atoms with Crippen molar-refractivity contribution in [1.29, 1.82) is 0 Å². The van der Waals surface area contributed by atoms with Gasteiger partial charge in [0.1, 0.15) is 6.61 Å². The van der Waals surface area contributed by atoms with Gasteiger partial charge < -0.3 is 19.4 Å². The molecule has 2 heterocycles. The van der Waals surface area contributed by atoms with Gasteiger partial charge in [-0.3, -0.25) is 4.90 Å². The number of halogens is 1. The van der Waals surface area contributed by atoms with E-state index in [1.165, 1.54) is 11.0 Å². The predicted octanol–water partition coefficient (Wildman–Crippen LogP) is 2.54. The zero-order valence-electron chi connectivity index (χ0n) is 13.6. The largest absolute Gasteiger partial charge is 0.486 e. The summed E-state index contributed by atoms with van der Waals surface area (Å²) < 4.78 is 24.9. The maximum atomic E-state index is 14.4. The molecule has 0 saturated carbocycles. The lowest BCUT2D eigenvalue weighted by atomic mass is 10.2. The number of hydrogen-bond acceptors (Lipinski definition) is 5. The first-order chi connectivity index (χ1) is 11.6. The quantitative estimate of drug-likeness (QED) is 0.930. The summed E-state index contributed by atoms with van der Waals surface area (Å²) in [6, 6.07) is 3.00.